The summed E-state index contributed by atoms with van der Waals surface area (Å²) in [5, 5.41) is 5.22. The number of anilines is 1. The van der Waals surface area contributed by atoms with Gasteiger partial charge in [0.15, 0.2) is 5.65 Å². The summed E-state index contributed by atoms with van der Waals surface area (Å²) >= 11 is 0. The first-order chi connectivity index (χ1) is 16.5. The molecule has 4 heterocycles. The predicted molar refractivity (Wildman–Crippen MR) is 131 cm³/mol. The van der Waals surface area contributed by atoms with Crippen LogP contribution < -0.4 is 5.32 Å². The molecule has 7 nitrogen and oxygen atoms in total. The predicted octanol–water partition coefficient (Wildman–Crippen LogP) is 4.55. The summed E-state index contributed by atoms with van der Waals surface area (Å²) in [4.78, 5) is 32.2. The quantitative estimate of drug-likeness (QED) is 0.421. The van der Waals surface area contributed by atoms with E-state index in [1.807, 2.05) is 44.4 Å². The molecule has 0 aliphatic rings. The second kappa shape index (κ2) is 8.92. The second-order valence-electron chi connectivity index (χ2n) is 8.11. The number of halogens is 1. The van der Waals surface area contributed by atoms with Gasteiger partial charge in [0.25, 0.3) is 0 Å². The molecule has 0 saturated carbocycles. The lowest BCUT2D eigenvalue weighted by atomic mass is 9.99. The Labute approximate surface area is 195 Å². The van der Waals surface area contributed by atoms with Crippen LogP contribution in [0, 0.1) is 5.82 Å². The molecule has 5 aromatic rings. The maximum absolute atomic E-state index is 14.6. The molecule has 0 aliphatic heterocycles. The first kappa shape index (κ1) is 21.5. The summed E-state index contributed by atoms with van der Waals surface area (Å²) < 4.78 is 14.6. The summed E-state index contributed by atoms with van der Waals surface area (Å²) in [5.74, 6) is -0.0697. The molecule has 0 atom stereocenters. The molecule has 0 spiro atoms. The van der Waals surface area contributed by atoms with Gasteiger partial charge in [0.05, 0.1) is 17.9 Å². The van der Waals surface area contributed by atoms with E-state index in [0.717, 1.165) is 21.7 Å². The van der Waals surface area contributed by atoms with E-state index in [0.29, 0.717) is 28.4 Å². The molecule has 0 fully saturated rings. The number of benzene rings is 1. The van der Waals surface area contributed by atoms with Gasteiger partial charge in [-0.25, -0.2) is 19.3 Å². The standard InChI is InChI=1S/C26H21FN6O/c1-33(2)15-23(34)32-26-18-10-12-28-24(16(18)9-13-30-26)20-14-22(19-6-3-4-8-21(19)27)31-25-17(20)7-5-11-29-25/h3-14H,15H2,1-2H3,(H,30,32,34). The molecule has 5 rings (SSSR count). The molecular formula is C26H21FN6O. The smallest absolute Gasteiger partial charge is 0.239 e. The number of likely N-dealkylation sites (N-methyl/N-ethyl adjacent to an activating group) is 1. The number of hydrogen-bond acceptors (Lipinski definition) is 6. The summed E-state index contributed by atoms with van der Waals surface area (Å²) in [6.45, 7) is 0.239. The molecule has 8 heteroatoms. The van der Waals surface area contributed by atoms with E-state index < -0.39 is 0 Å². The number of nitrogens with zero attached hydrogens (tertiary/aromatic N) is 5. The van der Waals surface area contributed by atoms with Crippen LogP contribution >= 0.6 is 0 Å². The van der Waals surface area contributed by atoms with Gasteiger partial charge in [0.1, 0.15) is 11.6 Å². The van der Waals surface area contributed by atoms with Gasteiger partial charge < -0.3 is 10.2 Å². The molecular weight excluding hydrogens is 431 g/mol. The number of aromatic nitrogens is 4. The van der Waals surface area contributed by atoms with Crippen molar-refractivity contribution in [3.8, 4) is 22.5 Å². The highest BCUT2D eigenvalue weighted by Crippen LogP contribution is 2.35. The topological polar surface area (TPSA) is 83.9 Å². The molecule has 1 amide bonds. The number of pyridine rings is 4. The Balaban J connectivity index is 1.72. The van der Waals surface area contributed by atoms with E-state index >= 15 is 0 Å². The Morgan fingerprint density at radius 3 is 2.50 bits per heavy atom. The van der Waals surface area contributed by atoms with Crippen molar-refractivity contribution in [1.29, 1.82) is 0 Å². The minimum Gasteiger partial charge on any atom is -0.309 e. The second-order valence-corrected chi connectivity index (χ2v) is 8.11. The van der Waals surface area contributed by atoms with Crippen molar-refractivity contribution in [3.63, 3.8) is 0 Å². The molecule has 1 N–H and O–H groups in total. The molecule has 0 aliphatic carbocycles. The van der Waals surface area contributed by atoms with Crippen LogP contribution in [-0.4, -0.2) is 51.4 Å². The minimum atomic E-state index is -0.364. The van der Waals surface area contributed by atoms with Crippen molar-refractivity contribution in [3.05, 3.63) is 79.0 Å². The summed E-state index contributed by atoms with van der Waals surface area (Å²) in [7, 11) is 3.65. The Bertz CT molecular complexity index is 1540. The largest absolute Gasteiger partial charge is 0.309 e. The minimum absolute atomic E-state index is 0.163. The van der Waals surface area contributed by atoms with E-state index in [4.69, 9.17) is 0 Å². The van der Waals surface area contributed by atoms with Crippen LogP contribution in [0.4, 0.5) is 10.2 Å². The molecule has 4 aromatic heterocycles. The van der Waals surface area contributed by atoms with Crippen LogP contribution in [0.1, 0.15) is 0 Å². The average Bonchev–Trinajstić information content (AvgIpc) is 2.83. The molecule has 34 heavy (non-hydrogen) atoms. The lowest BCUT2D eigenvalue weighted by molar-refractivity contribution is -0.116. The highest BCUT2D eigenvalue weighted by molar-refractivity contribution is 6.08. The zero-order valence-electron chi connectivity index (χ0n) is 18.7. The molecule has 0 bridgehead atoms. The summed E-state index contributed by atoms with van der Waals surface area (Å²) in [6.07, 6.45) is 4.97. The van der Waals surface area contributed by atoms with Crippen LogP contribution in [0.25, 0.3) is 44.3 Å². The Kier molecular flexibility index (Phi) is 5.65. The zero-order chi connectivity index (χ0) is 23.7. The van der Waals surface area contributed by atoms with Crippen LogP contribution in [0.2, 0.25) is 0 Å². The van der Waals surface area contributed by atoms with Crippen molar-refractivity contribution in [1.82, 2.24) is 24.8 Å². The van der Waals surface area contributed by atoms with Gasteiger partial charge in [-0.3, -0.25) is 9.78 Å². The Morgan fingerprint density at radius 1 is 0.882 bits per heavy atom. The lowest BCUT2D eigenvalue weighted by Crippen LogP contribution is -2.27. The van der Waals surface area contributed by atoms with Crippen LogP contribution in [-0.2, 0) is 4.79 Å². The van der Waals surface area contributed by atoms with Gasteiger partial charge in [-0.15, -0.1) is 0 Å². The van der Waals surface area contributed by atoms with Gasteiger partial charge in [-0.05, 0) is 56.6 Å². The van der Waals surface area contributed by atoms with Crippen LogP contribution in [0.5, 0.6) is 0 Å². The fourth-order valence-corrected chi connectivity index (χ4v) is 3.94. The summed E-state index contributed by atoms with van der Waals surface area (Å²) in [5.41, 5.74) is 2.77. The van der Waals surface area contributed by atoms with E-state index in [1.165, 1.54) is 6.07 Å². The Morgan fingerprint density at radius 2 is 1.68 bits per heavy atom. The first-order valence-electron chi connectivity index (χ1n) is 10.7. The summed E-state index contributed by atoms with van der Waals surface area (Å²) in [6, 6.07) is 15.7. The van der Waals surface area contributed by atoms with Gasteiger partial charge in [-0.2, -0.15) is 0 Å². The van der Waals surface area contributed by atoms with E-state index in [-0.39, 0.29) is 18.3 Å². The first-order valence-corrected chi connectivity index (χ1v) is 10.7. The number of hydrogen-bond donors (Lipinski definition) is 1. The van der Waals surface area contributed by atoms with Crippen molar-refractivity contribution in [2.75, 3.05) is 26.0 Å². The fourth-order valence-electron chi connectivity index (χ4n) is 3.94. The number of fused-ring (bicyclic) bond motifs is 2. The van der Waals surface area contributed by atoms with Crippen molar-refractivity contribution in [2.45, 2.75) is 0 Å². The van der Waals surface area contributed by atoms with E-state index in [2.05, 4.69) is 25.3 Å². The molecule has 0 saturated heterocycles. The molecule has 0 unspecified atom stereocenters. The monoisotopic (exact) mass is 452 g/mol. The third kappa shape index (κ3) is 4.06. The third-order valence-electron chi connectivity index (χ3n) is 5.40. The molecule has 168 valence electrons. The van der Waals surface area contributed by atoms with Crippen molar-refractivity contribution in [2.24, 2.45) is 0 Å². The highest BCUT2D eigenvalue weighted by Gasteiger charge is 2.17. The Hall–Kier alpha value is -4.30. The van der Waals surface area contributed by atoms with E-state index in [1.54, 1.807) is 41.7 Å². The number of nitrogens with one attached hydrogen (secondary N) is 1. The highest BCUT2D eigenvalue weighted by atomic mass is 19.1. The number of amides is 1. The van der Waals surface area contributed by atoms with Crippen molar-refractivity contribution < 1.29 is 9.18 Å². The van der Waals surface area contributed by atoms with Gasteiger partial charge in [-0.1, -0.05) is 12.1 Å². The maximum atomic E-state index is 14.6. The van der Waals surface area contributed by atoms with Gasteiger partial charge >= 0.3 is 0 Å². The van der Waals surface area contributed by atoms with E-state index in [9.17, 15) is 9.18 Å². The SMILES string of the molecule is CN(C)CC(=O)Nc1nccc2c(-c3cc(-c4ccccc4F)nc4ncccc34)nccc12. The zero-order valence-corrected chi connectivity index (χ0v) is 18.7. The number of carbonyl (C=O) groups excluding carboxylic acids is 1. The van der Waals surface area contributed by atoms with Crippen LogP contribution in [0.15, 0.2) is 73.2 Å². The lowest BCUT2D eigenvalue weighted by Gasteiger charge is -2.14. The number of rotatable bonds is 5. The average molecular weight is 452 g/mol. The molecule has 0 radical (unpaired) electrons. The molecule has 1 aromatic carbocycles. The maximum Gasteiger partial charge on any atom is 0.239 e. The van der Waals surface area contributed by atoms with Gasteiger partial charge in [0, 0.05) is 45.9 Å². The third-order valence-corrected chi connectivity index (χ3v) is 5.40. The fraction of sp³-hybridized carbons (Fsp3) is 0.115. The van der Waals surface area contributed by atoms with Crippen molar-refractivity contribution >= 4 is 33.5 Å². The van der Waals surface area contributed by atoms with Gasteiger partial charge in [0.2, 0.25) is 5.91 Å². The number of carbonyl (C=O) groups is 1. The van der Waals surface area contributed by atoms with Crippen LogP contribution in [0.3, 0.4) is 0 Å². The normalized spacial score (nSPS) is 11.3.